The summed E-state index contributed by atoms with van der Waals surface area (Å²) in [5.74, 6) is 4.19. The number of hydrogen-bond acceptors (Lipinski definition) is 4. The van der Waals surface area contributed by atoms with Crippen LogP contribution >= 0.6 is 0 Å². The summed E-state index contributed by atoms with van der Waals surface area (Å²) in [6.07, 6.45) is 6.08. The Balaban J connectivity index is 4.60. The van der Waals surface area contributed by atoms with E-state index >= 15 is 0 Å². The van der Waals surface area contributed by atoms with E-state index in [1.807, 2.05) is 6.92 Å². The first-order valence-electron chi connectivity index (χ1n) is 6.25. The van der Waals surface area contributed by atoms with Gasteiger partial charge in [-0.2, -0.15) is 0 Å². The second-order valence-corrected chi connectivity index (χ2v) is 4.03. The van der Waals surface area contributed by atoms with Crippen molar-refractivity contribution in [3.63, 3.8) is 0 Å². The molecule has 0 saturated heterocycles. The second-order valence-electron chi connectivity index (χ2n) is 4.03. The average Bonchev–Trinajstić information content (AvgIpc) is 2.39. The van der Waals surface area contributed by atoms with E-state index in [-0.39, 0.29) is 12.0 Å². The third-order valence-electron chi connectivity index (χ3n) is 2.63. The van der Waals surface area contributed by atoms with Crippen molar-refractivity contribution >= 4 is 12.0 Å². The van der Waals surface area contributed by atoms with Crippen molar-refractivity contribution in [3.8, 4) is 12.3 Å². The highest BCUT2D eigenvalue weighted by molar-refractivity contribution is 5.69. The molecule has 0 spiro atoms. The van der Waals surface area contributed by atoms with Gasteiger partial charge in [-0.15, -0.1) is 12.3 Å². The average molecular weight is 267 g/mol. The highest BCUT2D eigenvalue weighted by atomic mass is 16.5. The summed E-state index contributed by atoms with van der Waals surface area (Å²) >= 11 is 0. The Labute approximate surface area is 114 Å². The van der Waals surface area contributed by atoms with Crippen LogP contribution in [0.4, 0.5) is 4.79 Å². The number of carbonyl (C=O) groups excluding carboxylic acids is 2. The number of unbranched alkanes of at least 4 members (excludes halogenated alkanes) is 1. The molecule has 0 heterocycles. The first kappa shape index (κ1) is 17.2. The molecule has 0 aliphatic rings. The summed E-state index contributed by atoms with van der Waals surface area (Å²) in [5.41, 5.74) is 0.271. The molecule has 0 aromatic heterocycles. The smallest absolute Gasteiger partial charge is 0.407 e. The molecular formula is C14H21NO4. The van der Waals surface area contributed by atoms with E-state index in [0.717, 1.165) is 12.8 Å². The lowest BCUT2D eigenvalue weighted by atomic mass is 10.0. The largest absolute Gasteiger partial charge is 0.450 e. The minimum Gasteiger partial charge on any atom is -0.450 e. The lowest BCUT2D eigenvalue weighted by Crippen LogP contribution is -2.39. The molecule has 0 aromatic carbocycles. The molecule has 0 fully saturated rings. The number of ether oxygens (including phenoxy) is 2. The molecule has 0 aliphatic carbocycles. The van der Waals surface area contributed by atoms with Crippen LogP contribution in [-0.4, -0.2) is 37.9 Å². The van der Waals surface area contributed by atoms with Crippen molar-refractivity contribution in [2.45, 2.75) is 45.3 Å². The van der Waals surface area contributed by atoms with Crippen molar-refractivity contribution in [2.24, 2.45) is 0 Å². The Morgan fingerprint density at radius 3 is 2.63 bits per heavy atom. The summed E-state index contributed by atoms with van der Waals surface area (Å²) in [4.78, 5) is 22.5. The Kier molecular flexibility index (Phi) is 9.25. The molecule has 0 aromatic rings. The molecule has 0 rings (SSSR count). The molecule has 106 valence electrons. The summed E-state index contributed by atoms with van der Waals surface area (Å²) < 4.78 is 10.0. The number of hydrogen-bond donors (Lipinski definition) is 1. The molecule has 5 nitrogen and oxygen atoms in total. The van der Waals surface area contributed by atoms with Crippen molar-refractivity contribution < 1.29 is 19.1 Å². The van der Waals surface area contributed by atoms with Crippen LogP contribution in [0.25, 0.3) is 0 Å². The van der Waals surface area contributed by atoms with E-state index in [4.69, 9.17) is 15.9 Å². The van der Waals surface area contributed by atoms with Crippen LogP contribution in [0.1, 0.15) is 33.1 Å². The lowest BCUT2D eigenvalue weighted by Gasteiger charge is -2.20. The van der Waals surface area contributed by atoms with Gasteiger partial charge in [0.1, 0.15) is 5.94 Å². The lowest BCUT2D eigenvalue weighted by molar-refractivity contribution is 0.130. The van der Waals surface area contributed by atoms with E-state index in [1.54, 1.807) is 12.9 Å². The summed E-state index contributed by atoms with van der Waals surface area (Å²) in [7, 11) is 1.47. The molecule has 2 unspecified atom stereocenters. The van der Waals surface area contributed by atoms with Crippen molar-refractivity contribution in [1.82, 2.24) is 5.32 Å². The fourth-order valence-corrected chi connectivity index (χ4v) is 1.41. The molecule has 1 amide bonds. The van der Waals surface area contributed by atoms with Crippen molar-refractivity contribution in [1.29, 1.82) is 0 Å². The SMILES string of the molecule is C#CCC(NC(=O)OCCCC)C(=C=O)C(C)OC. The third kappa shape index (κ3) is 6.66. The molecule has 1 N–H and O–H groups in total. The van der Waals surface area contributed by atoms with E-state index in [0.29, 0.717) is 6.61 Å². The minimum absolute atomic E-state index is 0.182. The van der Waals surface area contributed by atoms with E-state index in [9.17, 15) is 9.59 Å². The number of nitrogens with one attached hydrogen (secondary N) is 1. The Bertz CT molecular complexity index is 366. The van der Waals surface area contributed by atoms with Crippen LogP contribution in [0, 0.1) is 12.3 Å². The fraction of sp³-hybridized carbons (Fsp3) is 0.643. The molecular weight excluding hydrogens is 246 g/mol. The van der Waals surface area contributed by atoms with Crippen LogP contribution < -0.4 is 5.32 Å². The minimum atomic E-state index is -0.619. The van der Waals surface area contributed by atoms with Crippen molar-refractivity contribution in [3.05, 3.63) is 5.57 Å². The zero-order chi connectivity index (χ0) is 14.7. The van der Waals surface area contributed by atoms with Gasteiger partial charge in [0.15, 0.2) is 0 Å². The summed E-state index contributed by atoms with van der Waals surface area (Å²) in [6.45, 7) is 4.02. The molecule has 19 heavy (non-hydrogen) atoms. The maximum absolute atomic E-state index is 11.5. The second kappa shape index (κ2) is 10.2. The Morgan fingerprint density at radius 1 is 1.47 bits per heavy atom. The van der Waals surface area contributed by atoms with Gasteiger partial charge < -0.3 is 14.8 Å². The standard InChI is InChI=1S/C14H21NO4/c1-5-7-9-19-14(17)15-13(8-6-2)12(10-16)11(3)18-4/h2,11,13H,5,7-9H2,1,3-4H3,(H,15,17). The van der Waals surface area contributed by atoms with E-state index in [2.05, 4.69) is 11.2 Å². The summed E-state index contributed by atoms with van der Waals surface area (Å²) in [6, 6.07) is -0.619. The number of alkyl carbamates (subject to hydrolysis) is 1. The van der Waals surface area contributed by atoms with Gasteiger partial charge in [-0.05, 0) is 13.3 Å². The van der Waals surface area contributed by atoms with Crippen LogP contribution in [0.2, 0.25) is 0 Å². The Morgan fingerprint density at radius 2 is 2.16 bits per heavy atom. The zero-order valence-corrected chi connectivity index (χ0v) is 11.7. The van der Waals surface area contributed by atoms with Crippen LogP contribution in [0.3, 0.4) is 0 Å². The first-order chi connectivity index (χ1) is 9.10. The van der Waals surface area contributed by atoms with Crippen molar-refractivity contribution in [2.75, 3.05) is 13.7 Å². The van der Waals surface area contributed by atoms with Gasteiger partial charge in [-0.25, -0.2) is 9.59 Å². The van der Waals surface area contributed by atoms with E-state index < -0.39 is 18.2 Å². The molecule has 2 atom stereocenters. The highest BCUT2D eigenvalue weighted by Gasteiger charge is 2.22. The van der Waals surface area contributed by atoms with Crippen LogP contribution in [-0.2, 0) is 14.3 Å². The number of methoxy groups -OCH3 is 1. The highest BCUT2D eigenvalue weighted by Crippen LogP contribution is 2.11. The third-order valence-corrected chi connectivity index (χ3v) is 2.63. The number of carbonyl (C=O) groups is 1. The number of rotatable bonds is 8. The number of amides is 1. The van der Waals surface area contributed by atoms with Gasteiger partial charge in [-0.3, -0.25) is 0 Å². The predicted molar refractivity (Wildman–Crippen MR) is 72.3 cm³/mol. The first-order valence-corrected chi connectivity index (χ1v) is 6.25. The maximum Gasteiger partial charge on any atom is 0.407 e. The van der Waals surface area contributed by atoms with Gasteiger partial charge in [0, 0.05) is 13.5 Å². The van der Waals surface area contributed by atoms with Crippen LogP contribution in [0.5, 0.6) is 0 Å². The van der Waals surface area contributed by atoms with Crippen LogP contribution in [0.15, 0.2) is 5.57 Å². The zero-order valence-electron chi connectivity index (χ0n) is 11.7. The molecule has 0 aliphatic heterocycles. The Hall–Kier alpha value is -1.76. The maximum atomic E-state index is 11.5. The van der Waals surface area contributed by atoms with Gasteiger partial charge in [0.2, 0.25) is 0 Å². The molecule has 5 heteroatoms. The molecule has 0 bridgehead atoms. The normalized spacial score (nSPS) is 12.7. The van der Waals surface area contributed by atoms with Gasteiger partial charge in [0.05, 0.1) is 24.3 Å². The fourth-order valence-electron chi connectivity index (χ4n) is 1.41. The van der Waals surface area contributed by atoms with Gasteiger partial charge in [-0.1, -0.05) is 13.3 Å². The quantitative estimate of drug-likeness (QED) is 0.413. The molecule has 0 saturated carbocycles. The number of terminal acetylenes is 1. The predicted octanol–water partition coefficient (Wildman–Crippen LogP) is 1.70. The monoisotopic (exact) mass is 267 g/mol. The summed E-state index contributed by atoms with van der Waals surface area (Å²) in [5, 5.41) is 2.56. The molecule has 0 radical (unpaired) electrons. The van der Waals surface area contributed by atoms with E-state index in [1.165, 1.54) is 7.11 Å². The van der Waals surface area contributed by atoms with Gasteiger partial charge >= 0.3 is 6.09 Å². The van der Waals surface area contributed by atoms with Gasteiger partial charge in [0.25, 0.3) is 0 Å². The topological polar surface area (TPSA) is 64.6 Å².